The molecule has 0 aromatic heterocycles. The molecule has 9 heavy (non-hydrogen) atoms. The highest BCUT2D eigenvalue weighted by molar-refractivity contribution is 4.96. The maximum atomic E-state index is 5.47. The van der Waals surface area contributed by atoms with Crippen LogP contribution in [0.2, 0.25) is 0 Å². The van der Waals surface area contributed by atoms with Crippen molar-refractivity contribution in [3.8, 4) is 0 Å². The third kappa shape index (κ3) is 0.864. The fourth-order valence-electron chi connectivity index (χ4n) is 1.77. The lowest BCUT2D eigenvalue weighted by Crippen LogP contribution is -2.38. The van der Waals surface area contributed by atoms with Crippen molar-refractivity contribution in [2.24, 2.45) is 0 Å². The van der Waals surface area contributed by atoms with Crippen molar-refractivity contribution >= 4 is 0 Å². The molecule has 0 aromatic rings. The maximum absolute atomic E-state index is 5.47. The molecule has 52 valence electrons. The zero-order valence-electron chi connectivity index (χ0n) is 5.81. The maximum Gasteiger partial charge on any atom is 0.0717 e. The van der Waals surface area contributed by atoms with Crippen LogP contribution in [0.1, 0.15) is 19.8 Å². The van der Waals surface area contributed by atoms with E-state index in [0.29, 0.717) is 11.6 Å². The van der Waals surface area contributed by atoms with Crippen molar-refractivity contribution in [2.75, 3.05) is 13.2 Å². The van der Waals surface area contributed by atoms with Crippen molar-refractivity contribution in [1.82, 2.24) is 5.32 Å². The van der Waals surface area contributed by atoms with Crippen LogP contribution in [0.25, 0.3) is 0 Å². The number of hydrogen-bond donors (Lipinski definition) is 1. The molecule has 2 rings (SSSR count). The van der Waals surface area contributed by atoms with Crippen LogP contribution in [-0.2, 0) is 4.74 Å². The predicted octanol–water partition coefficient (Wildman–Crippen LogP) is 0.527. The summed E-state index contributed by atoms with van der Waals surface area (Å²) in [4.78, 5) is 0. The quantitative estimate of drug-likeness (QED) is 0.512. The SMILES string of the molecule is CC12CCOC(CN1)C2. The van der Waals surface area contributed by atoms with E-state index in [1.54, 1.807) is 0 Å². The fourth-order valence-corrected chi connectivity index (χ4v) is 1.77. The van der Waals surface area contributed by atoms with E-state index in [0.717, 1.165) is 13.2 Å². The Labute approximate surface area is 55.6 Å². The number of rotatable bonds is 0. The van der Waals surface area contributed by atoms with E-state index in [1.807, 2.05) is 0 Å². The second-order valence-corrected chi connectivity index (χ2v) is 3.39. The Balaban J connectivity index is 2.13. The molecule has 2 saturated heterocycles. The van der Waals surface area contributed by atoms with Crippen LogP contribution in [0.4, 0.5) is 0 Å². The molecule has 1 N–H and O–H groups in total. The van der Waals surface area contributed by atoms with Crippen molar-refractivity contribution < 1.29 is 4.74 Å². The standard InChI is InChI=1S/C7H13NO/c1-7-2-3-9-6(4-7)5-8-7/h6,8H,2-5H2,1H3. The molecule has 0 spiro atoms. The largest absolute Gasteiger partial charge is 0.377 e. The Morgan fingerprint density at radius 3 is 3.22 bits per heavy atom. The summed E-state index contributed by atoms with van der Waals surface area (Å²) in [5.74, 6) is 0. The van der Waals surface area contributed by atoms with Gasteiger partial charge in [-0.2, -0.15) is 0 Å². The minimum Gasteiger partial charge on any atom is -0.377 e. The van der Waals surface area contributed by atoms with Gasteiger partial charge in [0, 0.05) is 18.7 Å². The smallest absolute Gasteiger partial charge is 0.0717 e. The minimum atomic E-state index is 0.420. The topological polar surface area (TPSA) is 21.3 Å². The van der Waals surface area contributed by atoms with Gasteiger partial charge in [-0.25, -0.2) is 0 Å². The third-order valence-corrected chi connectivity index (χ3v) is 2.44. The first-order chi connectivity index (χ1) is 4.29. The number of hydrogen-bond acceptors (Lipinski definition) is 2. The average Bonchev–Trinajstić information content (AvgIpc) is 2.07. The molecule has 0 radical (unpaired) electrons. The number of ether oxygens (including phenoxy) is 1. The molecule has 2 aliphatic rings. The zero-order chi connectivity index (χ0) is 6.32. The minimum absolute atomic E-state index is 0.420. The molecule has 0 aliphatic carbocycles. The van der Waals surface area contributed by atoms with Gasteiger partial charge in [0.25, 0.3) is 0 Å². The van der Waals surface area contributed by atoms with E-state index < -0.39 is 0 Å². The molecular weight excluding hydrogens is 114 g/mol. The van der Waals surface area contributed by atoms with Crippen molar-refractivity contribution in [1.29, 1.82) is 0 Å². The Bertz CT molecular complexity index is 122. The lowest BCUT2D eigenvalue weighted by atomic mass is 9.94. The zero-order valence-corrected chi connectivity index (χ0v) is 5.81. The van der Waals surface area contributed by atoms with Crippen LogP contribution in [0.3, 0.4) is 0 Å². The molecule has 0 amide bonds. The Morgan fingerprint density at radius 2 is 2.56 bits per heavy atom. The van der Waals surface area contributed by atoms with Gasteiger partial charge in [-0.3, -0.25) is 0 Å². The lowest BCUT2D eigenvalue weighted by Gasteiger charge is -2.28. The molecule has 2 atom stereocenters. The molecule has 2 heteroatoms. The molecule has 2 aliphatic heterocycles. The molecular formula is C7H13NO. The highest BCUT2D eigenvalue weighted by Crippen LogP contribution is 2.28. The summed E-state index contributed by atoms with van der Waals surface area (Å²) >= 11 is 0. The van der Waals surface area contributed by atoms with Crippen LogP contribution >= 0.6 is 0 Å². The van der Waals surface area contributed by atoms with Crippen LogP contribution in [0, 0.1) is 0 Å². The summed E-state index contributed by atoms with van der Waals surface area (Å²) in [6.07, 6.45) is 2.92. The molecule has 2 fully saturated rings. The van der Waals surface area contributed by atoms with E-state index in [2.05, 4.69) is 12.2 Å². The molecule has 2 unspecified atom stereocenters. The van der Waals surface area contributed by atoms with Gasteiger partial charge in [0.15, 0.2) is 0 Å². The predicted molar refractivity (Wildman–Crippen MR) is 35.4 cm³/mol. The summed E-state index contributed by atoms with van der Waals surface area (Å²) in [7, 11) is 0. The molecule has 2 heterocycles. The summed E-state index contributed by atoms with van der Waals surface area (Å²) in [6.45, 7) is 4.31. The van der Waals surface area contributed by atoms with Crippen LogP contribution in [-0.4, -0.2) is 24.8 Å². The van der Waals surface area contributed by atoms with Gasteiger partial charge in [0.1, 0.15) is 0 Å². The summed E-state index contributed by atoms with van der Waals surface area (Å²) in [5.41, 5.74) is 0.420. The van der Waals surface area contributed by atoms with Crippen LogP contribution in [0.5, 0.6) is 0 Å². The Kier molecular flexibility index (Phi) is 1.08. The average molecular weight is 127 g/mol. The summed E-state index contributed by atoms with van der Waals surface area (Å²) in [6, 6.07) is 0. The normalized spacial score (nSPS) is 49.7. The van der Waals surface area contributed by atoms with Gasteiger partial charge < -0.3 is 10.1 Å². The third-order valence-electron chi connectivity index (χ3n) is 2.44. The van der Waals surface area contributed by atoms with E-state index in [1.165, 1.54) is 12.8 Å². The van der Waals surface area contributed by atoms with Gasteiger partial charge in [0.05, 0.1) is 6.10 Å². The second kappa shape index (κ2) is 1.70. The van der Waals surface area contributed by atoms with E-state index in [9.17, 15) is 0 Å². The highest BCUT2D eigenvalue weighted by atomic mass is 16.5. The summed E-state index contributed by atoms with van der Waals surface area (Å²) < 4.78 is 5.47. The first-order valence-corrected chi connectivity index (χ1v) is 3.65. The first-order valence-electron chi connectivity index (χ1n) is 3.65. The van der Waals surface area contributed by atoms with Crippen LogP contribution in [0.15, 0.2) is 0 Å². The first kappa shape index (κ1) is 5.69. The van der Waals surface area contributed by atoms with Gasteiger partial charge in [-0.1, -0.05) is 0 Å². The Hall–Kier alpha value is -0.0800. The Morgan fingerprint density at radius 1 is 1.67 bits per heavy atom. The van der Waals surface area contributed by atoms with E-state index in [4.69, 9.17) is 4.74 Å². The van der Waals surface area contributed by atoms with Gasteiger partial charge in [-0.05, 0) is 19.8 Å². The molecule has 2 bridgehead atoms. The van der Waals surface area contributed by atoms with Crippen molar-refractivity contribution in [2.45, 2.75) is 31.4 Å². The monoisotopic (exact) mass is 127 g/mol. The van der Waals surface area contributed by atoms with E-state index in [-0.39, 0.29) is 0 Å². The lowest BCUT2D eigenvalue weighted by molar-refractivity contribution is 0.0257. The summed E-state index contributed by atoms with van der Waals surface area (Å²) in [5, 5.41) is 3.47. The van der Waals surface area contributed by atoms with Crippen LogP contribution < -0.4 is 5.32 Å². The van der Waals surface area contributed by atoms with Crippen molar-refractivity contribution in [3.63, 3.8) is 0 Å². The van der Waals surface area contributed by atoms with Crippen molar-refractivity contribution in [3.05, 3.63) is 0 Å². The van der Waals surface area contributed by atoms with Gasteiger partial charge >= 0.3 is 0 Å². The molecule has 0 saturated carbocycles. The highest BCUT2D eigenvalue weighted by Gasteiger charge is 2.38. The fraction of sp³-hybridized carbons (Fsp3) is 1.00. The van der Waals surface area contributed by atoms with Gasteiger partial charge in [-0.15, -0.1) is 0 Å². The number of fused-ring (bicyclic) bond motifs is 2. The molecule has 2 nitrogen and oxygen atoms in total. The van der Waals surface area contributed by atoms with Gasteiger partial charge in [0.2, 0.25) is 0 Å². The molecule has 0 aromatic carbocycles. The second-order valence-electron chi connectivity index (χ2n) is 3.39. The van der Waals surface area contributed by atoms with E-state index >= 15 is 0 Å². The number of nitrogens with one attached hydrogen (secondary N) is 1.